The van der Waals surface area contributed by atoms with Gasteiger partial charge >= 0.3 is 0 Å². The third-order valence-electron chi connectivity index (χ3n) is 14.7. The molecule has 2 aromatic heterocycles. The van der Waals surface area contributed by atoms with Crippen molar-refractivity contribution in [2.24, 2.45) is 0 Å². The van der Waals surface area contributed by atoms with E-state index in [9.17, 15) is 10.5 Å². The topological polar surface area (TPSA) is 57.4 Å². The van der Waals surface area contributed by atoms with Crippen molar-refractivity contribution in [2.75, 3.05) is 0 Å². The second kappa shape index (κ2) is 16.9. The normalized spacial score (nSPS) is 12.8. The summed E-state index contributed by atoms with van der Waals surface area (Å²) in [6, 6.07) is 49.9. The first kappa shape index (κ1) is 48.2. The molecule has 70 heavy (non-hydrogen) atoms. The highest BCUT2D eigenvalue weighted by Crippen LogP contribution is 2.53. The summed E-state index contributed by atoms with van der Waals surface area (Å²) in [4.78, 5) is 0. The van der Waals surface area contributed by atoms with Crippen molar-refractivity contribution in [3.63, 3.8) is 0 Å². The minimum absolute atomic E-state index is 0.0193. The van der Waals surface area contributed by atoms with E-state index in [2.05, 4.69) is 229 Å². The smallest absolute Gasteiger partial charge is 0.0991 e. The van der Waals surface area contributed by atoms with Gasteiger partial charge in [-0.25, -0.2) is 0 Å². The minimum atomic E-state index is -0.0576. The molecular weight excluding hydrogens is 849 g/mol. The monoisotopic (exact) mass is 919 g/mol. The van der Waals surface area contributed by atoms with Crippen LogP contribution in [0.3, 0.4) is 0 Å². The molecule has 0 amide bonds. The molecule has 9 rings (SSSR count). The Kier molecular flexibility index (Phi) is 11.6. The molecule has 9 aromatic rings. The molecule has 0 saturated carbocycles. The van der Waals surface area contributed by atoms with Gasteiger partial charge in [-0.15, -0.1) is 0 Å². The standard InChI is InChI=1S/C66H70N4/c1-39(2)57-59(43-21-17-41(37-67)18-22-43)61(69-53-29-25-45(63(5,6)7)33-49(53)50-34-46(64(8,9)10)26-30-54(50)69)58(40(3)4)62(60(57)44-23-19-42(38-68)20-24-44)70-55-31-27-47(65(11,12)13)35-51(55)52-36-48(66(14,15)16)28-32-56(52)70/h17-36,39-40H,1-16H3. The van der Waals surface area contributed by atoms with Gasteiger partial charge in [0.2, 0.25) is 0 Å². The molecular formula is C66H70N4. The molecule has 0 spiro atoms. The maximum atomic E-state index is 10.2. The summed E-state index contributed by atoms with van der Waals surface area (Å²) in [5, 5.41) is 25.2. The zero-order valence-corrected chi connectivity index (χ0v) is 44.5. The first-order chi connectivity index (χ1) is 32.8. The maximum absolute atomic E-state index is 10.2. The van der Waals surface area contributed by atoms with Crippen molar-refractivity contribution in [3.05, 3.63) is 166 Å². The van der Waals surface area contributed by atoms with E-state index in [0.29, 0.717) is 11.1 Å². The molecule has 0 atom stereocenters. The Labute approximate surface area is 417 Å². The lowest BCUT2D eigenvalue weighted by atomic mass is 9.78. The molecule has 0 aliphatic rings. The van der Waals surface area contributed by atoms with Crippen LogP contribution >= 0.6 is 0 Å². The van der Waals surface area contributed by atoms with E-state index in [1.807, 2.05) is 24.3 Å². The van der Waals surface area contributed by atoms with Crippen LogP contribution in [-0.4, -0.2) is 9.13 Å². The van der Waals surface area contributed by atoms with E-state index in [0.717, 1.165) is 55.7 Å². The summed E-state index contributed by atoms with van der Waals surface area (Å²) in [6.07, 6.45) is 0. The number of nitriles is 2. The molecule has 7 aromatic carbocycles. The first-order valence-electron chi connectivity index (χ1n) is 25.3. The molecule has 354 valence electrons. The number of nitrogens with zero attached hydrogens (tertiary/aromatic N) is 4. The minimum Gasteiger partial charge on any atom is -0.308 e. The largest absolute Gasteiger partial charge is 0.308 e. The molecule has 0 radical (unpaired) electrons. The van der Waals surface area contributed by atoms with Crippen molar-refractivity contribution < 1.29 is 0 Å². The van der Waals surface area contributed by atoms with Crippen LogP contribution in [0.4, 0.5) is 0 Å². The quantitative estimate of drug-likeness (QED) is 0.167. The Morgan fingerprint density at radius 1 is 0.357 bits per heavy atom. The average molecular weight is 919 g/mol. The van der Waals surface area contributed by atoms with E-state index < -0.39 is 0 Å². The van der Waals surface area contributed by atoms with E-state index in [4.69, 9.17) is 0 Å². The zero-order chi connectivity index (χ0) is 50.6. The van der Waals surface area contributed by atoms with Crippen LogP contribution in [0, 0.1) is 22.7 Å². The molecule has 0 bridgehead atoms. The van der Waals surface area contributed by atoms with Gasteiger partial charge in [0.05, 0.1) is 56.7 Å². The fourth-order valence-corrected chi connectivity index (χ4v) is 10.8. The average Bonchev–Trinajstić information content (AvgIpc) is 3.80. The Hall–Kier alpha value is -6.88. The number of hydrogen-bond donors (Lipinski definition) is 0. The molecule has 2 heterocycles. The summed E-state index contributed by atoms with van der Waals surface area (Å²) < 4.78 is 5.18. The fraction of sp³-hybridized carbons (Fsp3) is 0.333. The second-order valence-electron chi connectivity index (χ2n) is 24.6. The molecule has 0 fully saturated rings. The van der Waals surface area contributed by atoms with Gasteiger partial charge in [0.15, 0.2) is 0 Å². The second-order valence-corrected chi connectivity index (χ2v) is 24.6. The van der Waals surface area contributed by atoms with Gasteiger partial charge < -0.3 is 9.13 Å². The van der Waals surface area contributed by atoms with Gasteiger partial charge in [0.1, 0.15) is 0 Å². The lowest BCUT2D eigenvalue weighted by Crippen LogP contribution is -2.16. The van der Waals surface area contributed by atoms with Crippen molar-refractivity contribution in [3.8, 4) is 45.8 Å². The summed E-state index contributed by atoms with van der Waals surface area (Å²) in [5.74, 6) is 0.0574. The SMILES string of the molecule is CC(C)c1c(-c2ccc(C#N)cc2)c(-n2c3ccc(C(C)(C)C)cc3c3cc(C(C)(C)C)ccc32)c(C(C)C)c(-n2c3ccc(C(C)(C)C)cc3c3cc(C(C)(C)C)ccc32)c1-c1ccc(C#N)cc1. The number of benzene rings is 7. The summed E-state index contributed by atoms with van der Waals surface area (Å²) in [7, 11) is 0. The lowest BCUT2D eigenvalue weighted by molar-refractivity contribution is 0.590. The van der Waals surface area contributed by atoms with Crippen molar-refractivity contribution in [2.45, 2.75) is 144 Å². The lowest BCUT2D eigenvalue weighted by Gasteiger charge is -2.32. The highest BCUT2D eigenvalue weighted by molar-refractivity contribution is 6.13. The first-order valence-corrected chi connectivity index (χ1v) is 25.3. The number of aromatic nitrogens is 2. The van der Waals surface area contributed by atoms with Gasteiger partial charge in [-0.2, -0.15) is 10.5 Å². The number of hydrogen-bond acceptors (Lipinski definition) is 2. The molecule has 0 aliphatic carbocycles. The van der Waals surface area contributed by atoms with E-state index in [1.165, 1.54) is 54.9 Å². The predicted octanol–water partition coefficient (Wildman–Crippen LogP) is 18.4. The van der Waals surface area contributed by atoms with Crippen molar-refractivity contribution in [1.29, 1.82) is 10.5 Å². The highest BCUT2D eigenvalue weighted by atomic mass is 15.0. The summed E-state index contributed by atoms with van der Waals surface area (Å²) in [5.41, 5.74) is 20.0. The van der Waals surface area contributed by atoms with Gasteiger partial charge in [-0.05, 0) is 145 Å². The molecule has 0 N–H and O–H groups in total. The molecule has 0 aliphatic heterocycles. The Bertz CT molecular complexity index is 3240. The third kappa shape index (κ3) is 8.10. The van der Waals surface area contributed by atoms with E-state index in [-0.39, 0.29) is 33.5 Å². The maximum Gasteiger partial charge on any atom is 0.0991 e. The van der Waals surface area contributed by atoms with Crippen molar-refractivity contribution in [1.82, 2.24) is 9.13 Å². The number of rotatable bonds is 6. The van der Waals surface area contributed by atoms with Crippen LogP contribution in [-0.2, 0) is 21.7 Å². The van der Waals surface area contributed by atoms with Crippen LogP contribution < -0.4 is 0 Å². The Balaban J connectivity index is 1.62. The fourth-order valence-electron chi connectivity index (χ4n) is 10.8. The summed E-state index contributed by atoms with van der Waals surface area (Å²) in [6.45, 7) is 37.0. The van der Waals surface area contributed by atoms with Crippen LogP contribution in [0.5, 0.6) is 0 Å². The molecule has 4 heteroatoms. The Morgan fingerprint density at radius 2 is 0.614 bits per heavy atom. The van der Waals surface area contributed by atoms with Gasteiger partial charge in [-0.1, -0.05) is 159 Å². The van der Waals surface area contributed by atoms with Crippen LogP contribution in [0.2, 0.25) is 0 Å². The van der Waals surface area contributed by atoms with Gasteiger partial charge in [0.25, 0.3) is 0 Å². The molecule has 4 nitrogen and oxygen atoms in total. The predicted molar refractivity (Wildman–Crippen MR) is 298 cm³/mol. The highest BCUT2D eigenvalue weighted by Gasteiger charge is 2.34. The van der Waals surface area contributed by atoms with Crippen molar-refractivity contribution >= 4 is 43.6 Å². The number of fused-ring (bicyclic) bond motifs is 6. The molecule has 0 saturated heterocycles. The molecule has 0 unspecified atom stereocenters. The third-order valence-corrected chi connectivity index (χ3v) is 14.7. The van der Waals surface area contributed by atoms with Crippen LogP contribution in [0.25, 0.3) is 77.2 Å². The van der Waals surface area contributed by atoms with E-state index >= 15 is 0 Å². The summed E-state index contributed by atoms with van der Waals surface area (Å²) >= 11 is 0. The zero-order valence-electron chi connectivity index (χ0n) is 44.5. The Morgan fingerprint density at radius 3 is 0.829 bits per heavy atom. The van der Waals surface area contributed by atoms with E-state index in [1.54, 1.807) is 0 Å². The van der Waals surface area contributed by atoms with Crippen LogP contribution in [0.1, 0.15) is 167 Å². The van der Waals surface area contributed by atoms with Gasteiger partial charge in [-0.3, -0.25) is 0 Å². The van der Waals surface area contributed by atoms with Crippen LogP contribution in [0.15, 0.2) is 121 Å². The van der Waals surface area contributed by atoms with Gasteiger partial charge in [0, 0.05) is 38.2 Å².